The summed E-state index contributed by atoms with van der Waals surface area (Å²) in [6.07, 6.45) is -1.73. The molecule has 0 heterocycles. The number of hydrogen-bond donors (Lipinski definition) is 2. The zero-order valence-electron chi connectivity index (χ0n) is 7.40. The maximum absolute atomic E-state index is 10.7. The minimum atomic E-state index is -4.80. The lowest BCUT2D eigenvalue weighted by Crippen LogP contribution is -2.19. The van der Waals surface area contributed by atoms with Gasteiger partial charge in [0.25, 0.3) is 0 Å². The third-order valence-corrected chi connectivity index (χ3v) is 1.98. The largest absolute Gasteiger partial charge is 0.479 e. The molecule has 0 radical (unpaired) electrons. The molecule has 0 spiro atoms. The van der Waals surface area contributed by atoms with Crippen LogP contribution in [0.1, 0.15) is 11.7 Å². The van der Waals surface area contributed by atoms with Crippen LogP contribution in [0.5, 0.6) is 0 Å². The lowest BCUT2D eigenvalue weighted by Gasteiger charge is -2.10. The number of hydrogen-bond acceptors (Lipinski definition) is 4. The summed E-state index contributed by atoms with van der Waals surface area (Å²) in [5.74, 6) is -1.50. The van der Waals surface area contributed by atoms with E-state index in [0.717, 1.165) is 0 Å². The fourth-order valence-corrected chi connectivity index (χ4v) is 1.43. The molecule has 6 nitrogen and oxygen atoms in total. The molecular weight excluding hydrogens is 224 g/mol. The van der Waals surface area contributed by atoms with Gasteiger partial charge in [0.1, 0.15) is 0 Å². The fourth-order valence-electron chi connectivity index (χ4n) is 0.989. The minimum absolute atomic E-state index is 0.127. The van der Waals surface area contributed by atoms with E-state index in [-0.39, 0.29) is 5.56 Å². The molecule has 82 valence electrons. The van der Waals surface area contributed by atoms with E-state index in [9.17, 15) is 13.2 Å². The predicted octanol–water partition coefficient (Wildman–Crippen LogP) is 0.632. The molecule has 0 bridgehead atoms. The summed E-state index contributed by atoms with van der Waals surface area (Å²) in [7, 11) is -4.80. The van der Waals surface area contributed by atoms with E-state index in [4.69, 9.17) is 9.66 Å². The van der Waals surface area contributed by atoms with Crippen molar-refractivity contribution < 1.29 is 27.1 Å². The van der Waals surface area contributed by atoms with Crippen LogP contribution in [0.4, 0.5) is 0 Å². The van der Waals surface area contributed by atoms with Gasteiger partial charge in [-0.1, -0.05) is 30.3 Å². The highest BCUT2D eigenvalue weighted by molar-refractivity contribution is 7.80. The second-order valence-corrected chi connectivity index (χ2v) is 3.70. The van der Waals surface area contributed by atoms with Crippen molar-refractivity contribution in [3.05, 3.63) is 35.9 Å². The number of carboxylic acids is 1. The second kappa shape index (κ2) is 4.39. The Bertz CT molecular complexity index is 437. The average molecular weight is 232 g/mol. The van der Waals surface area contributed by atoms with E-state index in [1.54, 1.807) is 6.07 Å². The van der Waals surface area contributed by atoms with E-state index < -0.39 is 22.5 Å². The van der Waals surface area contributed by atoms with Crippen LogP contribution >= 0.6 is 0 Å². The predicted molar refractivity (Wildman–Crippen MR) is 49.5 cm³/mol. The van der Waals surface area contributed by atoms with Gasteiger partial charge in [0.15, 0.2) is 0 Å². The van der Waals surface area contributed by atoms with Gasteiger partial charge in [-0.15, -0.1) is 0 Å². The molecule has 0 fully saturated rings. The van der Waals surface area contributed by atoms with E-state index in [1.165, 1.54) is 24.3 Å². The monoisotopic (exact) mass is 232 g/mol. The van der Waals surface area contributed by atoms with Gasteiger partial charge >= 0.3 is 16.4 Å². The molecule has 0 saturated carbocycles. The maximum Gasteiger partial charge on any atom is 0.398 e. The zero-order valence-corrected chi connectivity index (χ0v) is 8.22. The molecule has 1 atom stereocenters. The van der Waals surface area contributed by atoms with E-state index in [1.807, 2.05) is 0 Å². The van der Waals surface area contributed by atoms with Crippen LogP contribution in [0.25, 0.3) is 0 Å². The average Bonchev–Trinajstić information content (AvgIpc) is 2.14. The summed E-state index contributed by atoms with van der Waals surface area (Å²) in [5, 5.41) is 8.69. The molecule has 2 N–H and O–H groups in total. The minimum Gasteiger partial charge on any atom is -0.479 e. The maximum atomic E-state index is 10.7. The van der Waals surface area contributed by atoms with Crippen LogP contribution in [0.2, 0.25) is 0 Å². The van der Waals surface area contributed by atoms with Gasteiger partial charge in [-0.25, -0.2) is 8.98 Å². The molecule has 1 rings (SSSR count). The third-order valence-electron chi connectivity index (χ3n) is 1.54. The number of aliphatic carboxylic acids is 1. The van der Waals surface area contributed by atoms with Gasteiger partial charge < -0.3 is 5.11 Å². The van der Waals surface area contributed by atoms with Gasteiger partial charge in [-0.3, -0.25) is 4.55 Å². The Hall–Kier alpha value is -1.44. The van der Waals surface area contributed by atoms with Gasteiger partial charge in [-0.2, -0.15) is 8.42 Å². The van der Waals surface area contributed by atoms with Crippen LogP contribution in [0.15, 0.2) is 30.3 Å². The van der Waals surface area contributed by atoms with Crippen molar-refractivity contribution >= 4 is 16.4 Å². The van der Waals surface area contributed by atoms with Crippen molar-refractivity contribution in [2.45, 2.75) is 6.10 Å². The smallest absolute Gasteiger partial charge is 0.398 e. The number of carbonyl (C=O) groups is 1. The summed E-state index contributed by atoms with van der Waals surface area (Å²) in [4.78, 5) is 10.7. The first-order valence-electron chi connectivity index (χ1n) is 3.83. The van der Waals surface area contributed by atoms with E-state index in [0.29, 0.717) is 0 Å². The quantitative estimate of drug-likeness (QED) is 0.738. The molecule has 15 heavy (non-hydrogen) atoms. The summed E-state index contributed by atoms with van der Waals surface area (Å²) in [6.45, 7) is 0. The fraction of sp³-hybridized carbons (Fsp3) is 0.125. The Balaban J connectivity index is 3.00. The molecule has 0 amide bonds. The normalized spacial score (nSPS) is 13.4. The van der Waals surface area contributed by atoms with Gasteiger partial charge in [0.05, 0.1) is 0 Å². The van der Waals surface area contributed by atoms with Crippen LogP contribution in [-0.4, -0.2) is 24.0 Å². The van der Waals surface area contributed by atoms with Gasteiger partial charge in [0.2, 0.25) is 6.10 Å². The second-order valence-electron chi connectivity index (χ2n) is 2.65. The number of rotatable bonds is 4. The first kappa shape index (κ1) is 11.6. The Labute approximate surface area is 86.1 Å². The van der Waals surface area contributed by atoms with Crippen LogP contribution < -0.4 is 0 Å². The standard InChI is InChI=1S/C8H8O6S/c9-8(10)7(14-15(11,12)13)6-4-2-1-3-5-6/h1-5,7H,(H,9,10)(H,11,12,13). The van der Waals surface area contributed by atoms with Crippen LogP contribution in [-0.2, 0) is 19.4 Å². The molecule has 7 heteroatoms. The Morgan fingerprint density at radius 2 is 1.80 bits per heavy atom. The summed E-state index contributed by atoms with van der Waals surface area (Å²) < 4.78 is 33.2. The van der Waals surface area contributed by atoms with Crippen molar-refractivity contribution in [1.82, 2.24) is 0 Å². The highest BCUT2D eigenvalue weighted by Crippen LogP contribution is 2.18. The number of benzene rings is 1. The highest BCUT2D eigenvalue weighted by Gasteiger charge is 2.25. The topological polar surface area (TPSA) is 101 Å². The summed E-state index contributed by atoms with van der Waals surface area (Å²) in [5.41, 5.74) is 0.127. The Kier molecular flexibility index (Phi) is 3.40. The first-order valence-corrected chi connectivity index (χ1v) is 5.20. The molecule has 0 aliphatic rings. The molecular formula is C8H8O6S. The SMILES string of the molecule is O=C(O)C(OS(=O)(=O)O)c1ccccc1. The number of carboxylic acid groups (broad SMARTS) is 1. The van der Waals surface area contributed by atoms with Crippen molar-refractivity contribution in [3.8, 4) is 0 Å². The molecule has 1 aromatic carbocycles. The highest BCUT2D eigenvalue weighted by atomic mass is 32.3. The van der Waals surface area contributed by atoms with Crippen molar-refractivity contribution in [1.29, 1.82) is 0 Å². The molecule has 0 aromatic heterocycles. The molecule has 0 aliphatic carbocycles. The van der Waals surface area contributed by atoms with Crippen LogP contribution in [0, 0.1) is 0 Å². The van der Waals surface area contributed by atoms with Crippen molar-refractivity contribution in [2.75, 3.05) is 0 Å². The molecule has 0 aliphatic heterocycles. The third kappa shape index (κ3) is 3.66. The lowest BCUT2D eigenvalue weighted by molar-refractivity contribution is -0.145. The van der Waals surface area contributed by atoms with Crippen LogP contribution in [0.3, 0.4) is 0 Å². The Morgan fingerprint density at radius 3 is 2.20 bits per heavy atom. The summed E-state index contributed by atoms with van der Waals surface area (Å²) in [6, 6.07) is 7.45. The van der Waals surface area contributed by atoms with Gasteiger partial charge in [0, 0.05) is 0 Å². The molecule has 0 saturated heterocycles. The first-order chi connectivity index (χ1) is 6.90. The Morgan fingerprint density at radius 1 is 1.27 bits per heavy atom. The molecule has 1 aromatic rings. The van der Waals surface area contributed by atoms with Crippen molar-refractivity contribution in [3.63, 3.8) is 0 Å². The summed E-state index contributed by atoms with van der Waals surface area (Å²) >= 11 is 0. The lowest BCUT2D eigenvalue weighted by atomic mass is 10.1. The van der Waals surface area contributed by atoms with Crippen molar-refractivity contribution in [2.24, 2.45) is 0 Å². The van der Waals surface area contributed by atoms with E-state index >= 15 is 0 Å². The van der Waals surface area contributed by atoms with Gasteiger partial charge in [-0.05, 0) is 5.56 Å². The molecule has 1 unspecified atom stereocenters. The zero-order chi connectivity index (χ0) is 11.5. The van der Waals surface area contributed by atoms with E-state index in [2.05, 4.69) is 4.18 Å².